The minimum Gasteiger partial charge on any atom is -0.329 e. The van der Waals surface area contributed by atoms with Gasteiger partial charge in [0.05, 0.1) is 84.8 Å². The Morgan fingerprint density at radius 3 is 0.919 bits per heavy atom. The predicted molar refractivity (Wildman–Crippen MR) is 494 cm³/mol. The fourth-order valence-corrected chi connectivity index (χ4v) is 18.2. The lowest BCUT2D eigenvalue weighted by molar-refractivity contribution is 0.0623. The molecule has 51 heteroatoms. The summed E-state index contributed by atoms with van der Waals surface area (Å²) in [6, 6.07) is 9.75. The molecular weight excluding hydrogens is 2000 g/mol. The normalized spacial score (nSPS) is 16.0. The van der Waals surface area contributed by atoms with Gasteiger partial charge in [0.25, 0.3) is 35.4 Å². The van der Waals surface area contributed by atoms with Crippen molar-refractivity contribution in [2.24, 2.45) is 0 Å². The van der Waals surface area contributed by atoms with Crippen molar-refractivity contribution >= 4 is 152 Å². The van der Waals surface area contributed by atoms with Gasteiger partial charge in [0.1, 0.15) is 34.9 Å². The van der Waals surface area contributed by atoms with Crippen LogP contribution in [0.25, 0.3) is 33.9 Å². The minimum absolute atomic E-state index is 0.0746. The quantitative estimate of drug-likeness (QED) is 0.149. The van der Waals surface area contributed by atoms with Crippen molar-refractivity contribution in [1.82, 2.24) is 190 Å². The molecule has 3 atom stereocenters. The van der Waals surface area contributed by atoms with Gasteiger partial charge in [-0.3, -0.25) is 28.8 Å². The fraction of sp³-hybridized carbons (Fsp3) is 0.321. The van der Waals surface area contributed by atoms with Crippen LogP contribution in [0, 0.1) is 41.5 Å². The Balaban J connectivity index is 0.000000104. The van der Waals surface area contributed by atoms with Crippen molar-refractivity contribution in [3.63, 3.8) is 0 Å². The van der Waals surface area contributed by atoms with Crippen molar-refractivity contribution < 1.29 is 28.8 Å². The number of carbonyl (C=O) groups is 6. The molecule has 45 nitrogen and oxygen atoms in total. The van der Waals surface area contributed by atoms with Gasteiger partial charge in [-0.25, -0.2) is 71.9 Å². The SMILES string of the molecule is Cc1cnc2n1CCN(C(=O)c1cc3ncc(Br)cn3n1)C2.Cc1cnc2n1CCN(C(=O)c1cc3ncc(Br)cn3n1)C2C.Cc1cnc2n1CCN(C(=O)c1cc3ncc(Cl)cn3n1)C2.Cc1nnc2n1CCN(C(=O)c1cc3ncc(Br)cn3n1)C2C.Cc1nnc2n1CCN(C(=O)c1cc3ncc(Cl)cn3n1)C2.Cc1nnc2n1CCN(C(=O)c1cc3ncc(Cl)cn3n1)C2C. The third-order valence-electron chi connectivity index (χ3n) is 23.9. The Labute approximate surface area is 805 Å². The van der Waals surface area contributed by atoms with E-state index in [0.29, 0.717) is 162 Å². The van der Waals surface area contributed by atoms with Gasteiger partial charge in [0.15, 0.2) is 85.5 Å². The first-order valence-electron chi connectivity index (χ1n) is 42.6. The average Bonchev–Trinajstić information content (AvgIpc) is 1.65. The van der Waals surface area contributed by atoms with Crippen LogP contribution >= 0.6 is 82.6 Å². The molecule has 0 spiro atoms. The zero-order valence-electron chi connectivity index (χ0n) is 73.6. The lowest BCUT2D eigenvalue weighted by atomic mass is 10.2. The van der Waals surface area contributed by atoms with Crippen molar-refractivity contribution in [3.8, 4) is 0 Å². The number of nitrogens with zero attached hydrogens (tertiary/aromatic N) is 39. The second-order valence-corrected chi connectivity index (χ2v) is 36.6. The molecule has 6 aliphatic rings. The Morgan fingerprint density at radius 2 is 0.556 bits per heavy atom. The number of aryl methyl sites for hydroxylation is 6. The summed E-state index contributed by atoms with van der Waals surface area (Å²) >= 11 is 27.7. The lowest BCUT2D eigenvalue weighted by Crippen LogP contribution is -2.41. The topological polar surface area (TPSA) is 449 Å². The van der Waals surface area contributed by atoms with E-state index in [4.69, 9.17) is 34.8 Å². The summed E-state index contributed by atoms with van der Waals surface area (Å²) in [4.78, 5) is 125. The first kappa shape index (κ1) is 90.1. The molecule has 0 fully saturated rings. The Hall–Kier alpha value is -14.1. The van der Waals surface area contributed by atoms with Crippen molar-refractivity contribution in [1.29, 1.82) is 0 Å². The fourth-order valence-electron chi connectivity index (χ4n) is 16.9. The molecule has 24 heterocycles. The van der Waals surface area contributed by atoms with Crippen molar-refractivity contribution in [3.05, 3.63) is 262 Å². The van der Waals surface area contributed by atoms with Crippen molar-refractivity contribution in [2.45, 2.75) is 139 Å². The first-order valence-corrected chi connectivity index (χ1v) is 46.1. The highest BCUT2D eigenvalue weighted by molar-refractivity contribution is 9.11. The number of hydrogen-bond acceptors (Lipinski definition) is 27. The molecular formula is C84H81Br3Cl3N39O6. The third-order valence-corrected chi connectivity index (χ3v) is 25.8. The van der Waals surface area contributed by atoms with E-state index in [-0.39, 0.29) is 53.6 Å². The van der Waals surface area contributed by atoms with Crippen molar-refractivity contribution in [2.75, 3.05) is 39.3 Å². The number of rotatable bonds is 6. The van der Waals surface area contributed by atoms with Crippen LogP contribution < -0.4 is 0 Å². The second kappa shape index (κ2) is 37.0. The lowest BCUT2D eigenvalue weighted by Gasteiger charge is -2.33. The summed E-state index contributed by atoms with van der Waals surface area (Å²) in [5.41, 5.74) is 9.33. The van der Waals surface area contributed by atoms with Crippen LogP contribution in [0.1, 0.15) is 171 Å². The van der Waals surface area contributed by atoms with Gasteiger partial charge in [-0.2, -0.15) is 30.6 Å². The Kier molecular flexibility index (Phi) is 24.7. The van der Waals surface area contributed by atoms with Gasteiger partial charge in [-0.15, -0.1) is 30.6 Å². The molecule has 135 heavy (non-hydrogen) atoms. The molecule has 6 amide bonds. The summed E-state index contributed by atoms with van der Waals surface area (Å²) in [6.07, 6.45) is 25.4. The summed E-state index contributed by atoms with van der Waals surface area (Å²) in [6.45, 7) is 27.3. The van der Waals surface area contributed by atoms with Crippen LogP contribution in [-0.2, 0) is 58.9 Å². The molecule has 24 rings (SSSR count). The predicted octanol–water partition coefficient (Wildman–Crippen LogP) is 9.46. The monoisotopic (exact) mass is 2070 g/mol. The molecule has 0 radical (unpaired) electrons. The van der Waals surface area contributed by atoms with Gasteiger partial charge >= 0.3 is 0 Å². The molecule has 0 aliphatic carbocycles. The molecule has 6 aliphatic heterocycles. The molecule has 0 N–H and O–H groups in total. The smallest absolute Gasteiger partial charge is 0.275 e. The largest absolute Gasteiger partial charge is 0.329 e. The van der Waals surface area contributed by atoms with E-state index in [1.165, 1.54) is 32.1 Å². The summed E-state index contributed by atoms with van der Waals surface area (Å²) in [7, 11) is 0. The van der Waals surface area contributed by atoms with E-state index >= 15 is 0 Å². The highest BCUT2D eigenvalue weighted by Crippen LogP contribution is 2.32. The number of halogens is 6. The number of hydrogen-bond donors (Lipinski definition) is 0. The number of fused-ring (bicyclic) bond motifs is 12. The Morgan fingerprint density at radius 1 is 0.281 bits per heavy atom. The molecule has 0 saturated heterocycles. The van der Waals surface area contributed by atoms with Crippen LogP contribution in [0.3, 0.4) is 0 Å². The zero-order valence-corrected chi connectivity index (χ0v) is 80.6. The van der Waals surface area contributed by atoms with Crippen LogP contribution in [-0.4, -0.2) is 265 Å². The maximum absolute atomic E-state index is 12.9. The molecule has 0 bridgehead atoms. The molecule has 3 unspecified atom stereocenters. The van der Waals surface area contributed by atoms with E-state index in [1.807, 2.05) is 94.9 Å². The van der Waals surface area contributed by atoms with Crippen LogP contribution in [0.2, 0.25) is 15.1 Å². The number of amides is 6. The molecule has 0 aromatic carbocycles. The van der Waals surface area contributed by atoms with Gasteiger partial charge in [0.2, 0.25) is 0 Å². The van der Waals surface area contributed by atoms with Gasteiger partial charge in [0, 0.05) is 206 Å². The maximum atomic E-state index is 12.9. The summed E-state index contributed by atoms with van der Waals surface area (Å²) in [5, 5.41) is 51.9. The van der Waals surface area contributed by atoms with Gasteiger partial charge < -0.3 is 56.8 Å². The van der Waals surface area contributed by atoms with Crippen LogP contribution in [0.15, 0.2) is 143 Å². The highest BCUT2D eigenvalue weighted by Gasteiger charge is 2.37. The summed E-state index contributed by atoms with van der Waals surface area (Å²) < 4.78 is 24.3. The number of carbonyl (C=O) groups excluding carboxylic acids is 6. The van der Waals surface area contributed by atoms with E-state index in [2.05, 4.69) is 172 Å². The van der Waals surface area contributed by atoms with Crippen LogP contribution in [0.4, 0.5) is 0 Å². The molecule has 690 valence electrons. The molecule has 0 saturated carbocycles. The van der Waals surface area contributed by atoms with E-state index < -0.39 is 0 Å². The average molecular weight is 2080 g/mol. The van der Waals surface area contributed by atoms with Gasteiger partial charge in [-0.1, -0.05) is 34.8 Å². The third kappa shape index (κ3) is 18.0. The number of imidazole rings is 3. The van der Waals surface area contributed by atoms with Crippen LogP contribution in [0.5, 0.6) is 0 Å². The number of aromatic nitrogens is 33. The molecule has 18 aromatic rings. The second-order valence-electron chi connectivity index (χ2n) is 32.5. The first-order chi connectivity index (χ1) is 65.0. The van der Waals surface area contributed by atoms with E-state index in [1.54, 1.807) is 130 Å². The zero-order chi connectivity index (χ0) is 94.2. The highest BCUT2D eigenvalue weighted by atomic mass is 79.9. The maximum Gasteiger partial charge on any atom is 0.275 e. The molecule has 18 aromatic heterocycles. The van der Waals surface area contributed by atoms with E-state index in [9.17, 15) is 28.8 Å². The standard InChI is InChI=1S/C15H15BrN6O.C14H14BrN7O.C14H13BrN6O.C14H14ClN7O.C14H13ClN6O.C13H12ClN7O/c1-9-6-18-14-10(2)21(4-3-20(9)14)15(23)12-5-13-17-7-11(16)8-22(13)19-12;1-8-13-18-17-9(2)21(13)4-3-20(8)14(23)11-5-12-16-6-10(15)7-22(12)19-11;1-9-5-16-13-8-19(2-3-20(9)13)14(22)11-4-12-17-6-10(15)7-21(12)18-11;1-8-13-18-17-9(2)21(13)4-3-20(8)14(23)11-5-12-16-6-10(15)7-22(12)19-11;1-9-5-16-13-8-19(2-3-20(9)13)14(22)11-4-12-17-6-10(15)7-21(12)18-11;1-8-16-17-12-7-19(2-3-20(8)12)13(22)10-4-11-15-5-9(14)6-21(11)18-10/h5-8,10H,3-4H2,1-2H3;5-8H,3-4H2,1-2H3;4-7H,2-3,8H2,1H3;5-8H,3-4H2,1-2H3;4-7H,2-3,8H2,1H3;4-6H,2-3,7H2,1H3. The Bertz CT molecular complexity index is 6990. The summed E-state index contributed by atoms with van der Waals surface area (Å²) in [5.74, 6) is 7.05. The van der Waals surface area contributed by atoms with Gasteiger partial charge in [-0.05, 0) is 110 Å². The minimum atomic E-state index is -0.154. The van der Waals surface area contributed by atoms with E-state index in [0.717, 1.165) is 103 Å².